The minimum atomic E-state index is -0.299. The number of carbonyl (C=O) groups is 1. The van der Waals surface area contributed by atoms with Crippen molar-refractivity contribution >= 4 is 22.8 Å². The lowest BCUT2D eigenvalue weighted by atomic mass is 10.0. The van der Waals surface area contributed by atoms with Gasteiger partial charge in [-0.1, -0.05) is 0 Å². The topological polar surface area (TPSA) is 61.8 Å². The minimum Gasteiger partial charge on any atom is -0.378 e. The summed E-state index contributed by atoms with van der Waals surface area (Å²) in [5.41, 5.74) is 0.723. The highest BCUT2D eigenvalue weighted by Gasteiger charge is 2.30. The molecule has 7 nitrogen and oxygen atoms in total. The molecule has 2 fully saturated rings. The van der Waals surface area contributed by atoms with Crippen molar-refractivity contribution in [2.45, 2.75) is 18.9 Å². The van der Waals surface area contributed by atoms with E-state index in [1.54, 1.807) is 6.07 Å². The van der Waals surface area contributed by atoms with Crippen LogP contribution < -0.4 is 4.90 Å². The van der Waals surface area contributed by atoms with E-state index in [1.807, 2.05) is 16.8 Å². The number of anilines is 1. The van der Waals surface area contributed by atoms with Gasteiger partial charge in [-0.05, 0) is 31.0 Å². The van der Waals surface area contributed by atoms with Crippen LogP contribution in [0.3, 0.4) is 0 Å². The van der Waals surface area contributed by atoms with Gasteiger partial charge in [-0.15, -0.1) is 0 Å². The van der Waals surface area contributed by atoms with E-state index in [0.717, 1.165) is 30.7 Å². The van der Waals surface area contributed by atoms with Crippen LogP contribution in [0.15, 0.2) is 24.5 Å². The average Bonchev–Trinajstić information content (AvgIpc) is 2.73. The van der Waals surface area contributed by atoms with Crippen molar-refractivity contribution < 1.29 is 13.9 Å². The van der Waals surface area contributed by atoms with E-state index in [-0.39, 0.29) is 17.9 Å². The van der Waals surface area contributed by atoms with E-state index >= 15 is 0 Å². The molecule has 0 saturated carbocycles. The Morgan fingerprint density at radius 3 is 2.89 bits per heavy atom. The number of piperidine rings is 1. The van der Waals surface area contributed by atoms with Crippen LogP contribution in [0.4, 0.5) is 15.0 Å². The van der Waals surface area contributed by atoms with E-state index in [2.05, 4.69) is 14.9 Å². The molecule has 1 aromatic carbocycles. The van der Waals surface area contributed by atoms with Crippen molar-refractivity contribution in [3.63, 3.8) is 0 Å². The lowest BCUT2D eigenvalue weighted by Gasteiger charge is -2.40. The maximum absolute atomic E-state index is 13.8. The summed E-state index contributed by atoms with van der Waals surface area (Å²) in [5, 5.41) is 0.709. The fraction of sp³-hybridized carbons (Fsp3) is 0.526. The van der Waals surface area contributed by atoms with Crippen LogP contribution in [0.1, 0.15) is 12.8 Å². The Bertz CT molecular complexity index is 827. The van der Waals surface area contributed by atoms with Crippen LogP contribution in [-0.2, 0) is 4.74 Å². The van der Waals surface area contributed by atoms with Gasteiger partial charge in [-0.3, -0.25) is 0 Å². The number of morpholine rings is 1. The number of hydrogen-bond acceptors (Lipinski definition) is 5. The van der Waals surface area contributed by atoms with Gasteiger partial charge in [0.25, 0.3) is 0 Å². The Morgan fingerprint density at radius 2 is 2.07 bits per heavy atom. The fourth-order valence-electron chi connectivity index (χ4n) is 3.86. The summed E-state index contributed by atoms with van der Waals surface area (Å²) in [5.74, 6) is 0.433. The first kappa shape index (κ1) is 17.9. The Kier molecular flexibility index (Phi) is 5.07. The van der Waals surface area contributed by atoms with Crippen LogP contribution in [0.5, 0.6) is 0 Å². The van der Waals surface area contributed by atoms with Gasteiger partial charge in [0, 0.05) is 38.6 Å². The number of rotatable bonds is 2. The summed E-state index contributed by atoms with van der Waals surface area (Å²) < 4.78 is 19.1. The smallest absolute Gasteiger partial charge is 0.320 e. The highest BCUT2D eigenvalue weighted by atomic mass is 19.1. The molecule has 0 spiro atoms. The Labute approximate surface area is 157 Å². The third-order valence-electron chi connectivity index (χ3n) is 5.40. The van der Waals surface area contributed by atoms with Crippen molar-refractivity contribution in [3.05, 3.63) is 30.3 Å². The lowest BCUT2D eigenvalue weighted by molar-refractivity contribution is 0.0414. The van der Waals surface area contributed by atoms with Gasteiger partial charge < -0.3 is 19.4 Å². The monoisotopic (exact) mass is 373 g/mol. The number of carbonyl (C=O) groups excluding carboxylic acids is 1. The zero-order valence-corrected chi connectivity index (χ0v) is 15.5. The van der Waals surface area contributed by atoms with Crippen molar-refractivity contribution in [2.24, 2.45) is 0 Å². The molecular weight excluding hydrogens is 349 g/mol. The van der Waals surface area contributed by atoms with Crippen LogP contribution in [0.2, 0.25) is 0 Å². The molecule has 144 valence electrons. The van der Waals surface area contributed by atoms with Gasteiger partial charge in [0.05, 0.1) is 24.8 Å². The number of aromatic nitrogens is 2. The molecule has 2 aliphatic heterocycles. The van der Waals surface area contributed by atoms with Gasteiger partial charge in [-0.2, -0.15) is 0 Å². The number of hydrogen-bond donors (Lipinski definition) is 0. The first-order valence-corrected chi connectivity index (χ1v) is 9.38. The molecule has 2 aliphatic rings. The van der Waals surface area contributed by atoms with Gasteiger partial charge in [0.2, 0.25) is 0 Å². The highest BCUT2D eigenvalue weighted by molar-refractivity contribution is 5.89. The molecule has 2 saturated heterocycles. The predicted molar refractivity (Wildman–Crippen MR) is 100 cm³/mol. The number of urea groups is 1. The minimum absolute atomic E-state index is 0.0451. The van der Waals surface area contributed by atoms with Crippen molar-refractivity contribution in [1.82, 2.24) is 19.8 Å². The Balaban J connectivity index is 1.53. The van der Waals surface area contributed by atoms with Gasteiger partial charge in [0.15, 0.2) is 0 Å². The van der Waals surface area contributed by atoms with Crippen molar-refractivity contribution in [2.75, 3.05) is 51.3 Å². The number of likely N-dealkylation sites (N-methyl/N-ethyl adjacent to an activating group) is 1. The van der Waals surface area contributed by atoms with E-state index in [0.29, 0.717) is 38.2 Å². The summed E-state index contributed by atoms with van der Waals surface area (Å²) in [6, 6.07) is 4.70. The van der Waals surface area contributed by atoms with E-state index < -0.39 is 0 Å². The summed E-state index contributed by atoms with van der Waals surface area (Å²) in [7, 11) is 1.86. The summed E-state index contributed by atoms with van der Waals surface area (Å²) in [6.45, 7) is 3.96. The fourth-order valence-corrected chi connectivity index (χ4v) is 3.86. The van der Waals surface area contributed by atoms with Gasteiger partial charge >= 0.3 is 6.03 Å². The molecule has 0 N–H and O–H groups in total. The molecule has 2 aromatic rings. The molecule has 1 aromatic heterocycles. The molecule has 27 heavy (non-hydrogen) atoms. The number of ether oxygens (including phenoxy) is 1. The highest BCUT2D eigenvalue weighted by Crippen LogP contribution is 2.27. The maximum Gasteiger partial charge on any atom is 0.320 e. The number of benzene rings is 1. The van der Waals surface area contributed by atoms with E-state index in [4.69, 9.17) is 4.74 Å². The quantitative estimate of drug-likeness (QED) is 0.807. The molecular formula is C19H24FN5O2. The van der Waals surface area contributed by atoms with Crippen LogP contribution >= 0.6 is 0 Å². The Morgan fingerprint density at radius 1 is 1.26 bits per heavy atom. The van der Waals surface area contributed by atoms with E-state index in [9.17, 15) is 9.18 Å². The number of nitrogens with zero attached hydrogens (tertiary/aromatic N) is 5. The largest absolute Gasteiger partial charge is 0.378 e. The van der Waals surface area contributed by atoms with Crippen LogP contribution in [-0.4, -0.2) is 78.3 Å². The molecule has 1 atom stereocenters. The number of fused-ring (bicyclic) bond motifs is 1. The average molecular weight is 373 g/mol. The van der Waals surface area contributed by atoms with Gasteiger partial charge in [0.1, 0.15) is 18.0 Å². The third kappa shape index (κ3) is 3.66. The molecule has 8 heteroatoms. The first-order valence-electron chi connectivity index (χ1n) is 9.38. The number of amides is 2. The van der Waals surface area contributed by atoms with E-state index in [1.165, 1.54) is 18.5 Å². The summed E-state index contributed by atoms with van der Waals surface area (Å²) >= 11 is 0. The van der Waals surface area contributed by atoms with Crippen molar-refractivity contribution in [3.8, 4) is 0 Å². The van der Waals surface area contributed by atoms with Crippen molar-refractivity contribution in [1.29, 1.82) is 0 Å². The first-order chi connectivity index (χ1) is 13.1. The summed E-state index contributed by atoms with van der Waals surface area (Å²) in [4.78, 5) is 27.3. The van der Waals surface area contributed by atoms with Crippen LogP contribution in [0, 0.1) is 5.82 Å². The lowest BCUT2D eigenvalue weighted by Crippen LogP contribution is -2.54. The second kappa shape index (κ2) is 7.64. The molecule has 0 radical (unpaired) electrons. The second-order valence-corrected chi connectivity index (χ2v) is 7.09. The molecule has 0 aliphatic carbocycles. The number of halogens is 1. The SMILES string of the molecule is CN(C(=O)N1CCOCC1)C1CCCN(c2ncnc3ccc(F)cc23)C1. The predicted octanol–water partition coefficient (Wildman–Crippen LogP) is 2.12. The summed E-state index contributed by atoms with van der Waals surface area (Å²) in [6.07, 6.45) is 3.41. The molecule has 3 heterocycles. The molecule has 1 unspecified atom stereocenters. The maximum atomic E-state index is 13.8. The standard InChI is InChI=1S/C19H24FN5O2/c1-23(19(26)24-7-9-27-10-8-24)15-3-2-6-25(12-15)18-16-11-14(20)4-5-17(16)21-13-22-18/h4-5,11,13,15H,2-3,6-10,12H2,1H3. The zero-order valence-electron chi connectivity index (χ0n) is 15.5. The molecule has 0 bridgehead atoms. The zero-order chi connectivity index (χ0) is 18.8. The third-order valence-corrected chi connectivity index (χ3v) is 5.40. The Hall–Kier alpha value is -2.48. The van der Waals surface area contributed by atoms with Gasteiger partial charge in [-0.25, -0.2) is 19.2 Å². The molecule has 2 amide bonds. The normalized spacial score (nSPS) is 20.7. The second-order valence-electron chi connectivity index (χ2n) is 7.09. The van der Waals surface area contributed by atoms with Crippen LogP contribution in [0.25, 0.3) is 10.9 Å². The molecule has 4 rings (SSSR count).